The monoisotopic (exact) mass is 293 g/mol. The molecule has 0 aliphatic carbocycles. The Labute approximate surface area is 129 Å². The van der Waals surface area contributed by atoms with Gasteiger partial charge in [0.05, 0.1) is 13.1 Å². The van der Waals surface area contributed by atoms with Gasteiger partial charge in [-0.25, -0.2) is 0 Å². The second-order valence-electron chi connectivity index (χ2n) is 7.50. The van der Waals surface area contributed by atoms with E-state index in [1.54, 1.807) is 0 Å². The van der Waals surface area contributed by atoms with Crippen LogP contribution in [0.1, 0.15) is 45.1 Å². The zero-order valence-electron chi connectivity index (χ0n) is 14.3. The van der Waals surface area contributed by atoms with Crippen molar-refractivity contribution in [2.75, 3.05) is 27.2 Å². The molecule has 4 heteroatoms. The van der Waals surface area contributed by atoms with Crippen molar-refractivity contribution in [3.8, 4) is 0 Å². The maximum atomic E-state index is 5.98. The van der Waals surface area contributed by atoms with E-state index in [4.69, 9.17) is 4.42 Å². The second kappa shape index (κ2) is 6.95. The van der Waals surface area contributed by atoms with Crippen molar-refractivity contribution in [1.82, 2.24) is 15.1 Å². The molecular weight excluding hydrogens is 262 g/mol. The largest absolute Gasteiger partial charge is 0.463 e. The summed E-state index contributed by atoms with van der Waals surface area (Å²) in [5.41, 5.74) is 0.124. The van der Waals surface area contributed by atoms with Gasteiger partial charge in [0, 0.05) is 18.1 Å². The minimum absolute atomic E-state index is 0.124. The van der Waals surface area contributed by atoms with Crippen LogP contribution in [-0.2, 0) is 13.1 Å². The van der Waals surface area contributed by atoms with Crippen LogP contribution < -0.4 is 5.32 Å². The first-order chi connectivity index (χ1) is 9.83. The van der Waals surface area contributed by atoms with E-state index in [9.17, 15) is 0 Å². The molecule has 1 N–H and O–H groups in total. The Morgan fingerprint density at radius 1 is 1.29 bits per heavy atom. The van der Waals surface area contributed by atoms with Gasteiger partial charge in [-0.1, -0.05) is 0 Å². The third-order valence-electron chi connectivity index (χ3n) is 3.94. The van der Waals surface area contributed by atoms with E-state index in [0.29, 0.717) is 6.04 Å². The van der Waals surface area contributed by atoms with E-state index >= 15 is 0 Å². The summed E-state index contributed by atoms with van der Waals surface area (Å²) in [5.74, 6) is 2.12. The van der Waals surface area contributed by atoms with E-state index in [2.05, 4.69) is 62.1 Å². The number of likely N-dealkylation sites (N-methyl/N-ethyl adjacent to an activating group) is 1. The Kier molecular flexibility index (Phi) is 5.47. The number of furan rings is 1. The molecule has 0 spiro atoms. The third-order valence-corrected chi connectivity index (χ3v) is 3.94. The lowest BCUT2D eigenvalue weighted by Crippen LogP contribution is -2.37. The number of likely N-dealkylation sites (tertiary alicyclic amines) is 1. The van der Waals surface area contributed by atoms with Crippen molar-refractivity contribution >= 4 is 0 Å². The maximum absolute atomic E-state index is 5.98. The van der Waals surface area contributed by atoms with Gasteiger partial charge in [0.25, 0.3) is 0 Å². The molecule has 2 rings (SSSR count). The lowest BCUT2D eigenvalue weighted by molar-refractivity contribution is 0.187. The normalized spacial score (nSPS) is 20.6. The van der Waals surface area contributed by atoms with Gasteiger partial charge < -0.3 is 14.6 Å². The molecule has 0 saturated carbocycles. The standard InChI is InChI=1S/C17H31N3O/c1-17(2,3)18-11-15-8-9-16(21-15)13-20-10-6-7-14(20)12-19(4)5/h8-9,14,18H,6-7,10-13H2,1-5H3. The molecule has 120 valence electrons. The van der Waals surface area contributed by atoms with Gasteiger partial charge in [-0.2, -0.15) is 0 Å². The van der Waals surface area contributed by atoms with Crippen molar-refractivity contribution in [3.63, 3.8) is 0 Å². The van der Waals surface area contributed by atoms with Crippen LogP contribution >= 0.6 is 0 Å². The summed E-state index contributed by atoms with van der Waals surface area (Å²) in [6.07, 6.45) is 2.61. The molecule has 0 radical (unpaired) electrons. The molecule has 1 aromatic rings. The molecule has 1 aliphatic rings. The minimum Gasteiger partial charge on any atom is -0.463 e. The van der Waals surface area contributed by atoms with Gasteiger partial charge in [0.1, 0.15) is 11.5 Å². The van der Waals surface area contributed by atoms with E-state index in [1.165, 1.54) is 19.4 Å². The van der Waals surface area contributed by atoms with Crippen LogP contribution in [0.4, 0.5) is 0 Å². The van der Waals surface area contributed by atoms with E-state index in [0.717, 1.165) is 31.2 Å². The van der Waals surface area contributed by atoms with Crippen LogP contribution in [0.25, 0.3) is 0 Å². The average molecular weight is 293 g/mol. The van der Waals surface area contributed by atoms with E-state index in [1.807, 2.05) is 0 Å². The molecule has 0 aromatic carbocycles. The van der Waals surface area contributed by atoms with E-state index < -0.39 is 0 Å². The van der Waals surface area contributed by atoms with Crippen LogP contribution in [-0.4, -0.2) is 48.6 Å². The third kappa shape index (κ3) is 5.46. The molecule has 2 heterocycles. The molecular formula is C17H31N3O. The highest BCUT2D eigenvalue weighted by Gasteiger charge is 2.25. The minimum atomic E-state index is 0.124. The molecule has 21 heavy (non-hydrogen) atoms. The van der Waals surface area contributed by atoms with Crippen molar-refractivity contribution in [2.24, 2.45) is 0 Å². The SMILES string of the molecule is CN(C)CC1CCCN1Cc1ccc(CNC(C)(C)C)o1. The Hall–Kier alpha value is -0.840. The van der Waals surface area contributed by atoms with Crippen LogP contribution in [0.2, 0.25) is 0 Å². The molecule has 1 fully saturated rings. The molecule has 4 nitrogen and oxygen atoms in total. The Balaban J connectivity index is 1.87. The summed E-state index contributed by atoms with van der Waals surface area (Å²) >= 11 is 0. The smallest absolute Gasteiger partial charge is 0.118 e. The van der Waals surface area contributed by atoms with Gasteiger partial charge in [0.2, 0.25) is 0 Å². The zero-order valence-corrected chi connectivity index (χ0v) is 14.3. The van der Waals surface area contributed by atoms with Gasteiger partial charge in [-0.3, -0.25) is 4.90 Å². The van der Waals surface area contributed by atoms with Crippen molar-refractivity contribution in [3.05, 3.63) is 23.7 Å². The van der Waals surface area contributed by atoms with Crippen molar-refractivity contribution in [2.45, 2.75) is 58.3 Å². The Morgan fingerprint density at radius 3 is 2.67 bits per heavy atom. The predicted octanol–water partition coefficient (Wildman–Crippen LogP) is 2.69. The fourth-order valence-electron chi connectivity index (χ4n) is 2.89. The van der Waals surface area contributed by atoms with Gasteiger partial charge in [-0.15, -0.1) is 0 Å². The summed E-state index contributed by atoms with van der Waals surface area (Å²) < 4.78 is 5.98. The first-order valence-electron chi connectivity index (χ1n) is 8.05. The summed E-state index contributed by atoms with van der Waals surface area (Å²) in [5, 5.41) is 3.47. The average Bonchev–Trinajstić information content (AvgIpc) is 2.96. The molecule has 1 saturated heterocycles. The van der Waals surface area contributed by atoms with Crippen LogP contribution in [0.3, 0.4) is 0 Å². The zero-order chi connectivity index (χ0) is 15.5. The second-order valence-corrected chi connectivity index (χ2v) is 7.50. The number of rotatable bonds is 6. The fourth-order valence-corrected chi connectivity index (χ4v) is 2.89. The van der Waals surface area contributed by atoms with Crippen LogP contribution in [0.5, 0.6) is 0 Å². The summed E-state index contributed by atoms with van der Waals surface area (Å²) in [7, 11) is 4.30. The van der Waals surface area contributed by atoms with Crippen molar-refractivity contribution in [1.29, 1.82) is 0 Å². The predicted molar refractivity (Wildman–Crippen MR) is 87.3 cm³/mol. The van der Waals surface area contributed by atoms with Gasteiger partial charge >= 0.3 is 0 Å². The quantitative estimate of drug-likeness (QED) is 0.874. The highest BCUT2D eigenvalue weighted by Crippen LogP contribution is 2.21. The number of nitrogens with zero attached hydrogens (tertiary/aromatic N) is 2. The number of nitrogens with one attached hydrogen (secondary N) is 1. The fraction of sp³-hybridized carbons (Fsp3) is 0.765. The Bertz CT molecular complexity index is 433. The molecule has 1 aliphatic heterocycles. The summed E-state index contributed by atoms with van der Waals surface area (Å²) in [6, 6.07) is 4.90. The molecule has 1 unspecified atom stereocenters. The van der Waals surface area contributed by atoms with Crippen molar-refractivity contribution < 1.29 is 4.42 Å². The van der Waals surface area contributed by atoms with E-state index in [-0.39, 0.29) is 5.54 Å². The van der Waals surface area contributed by atoms with Gasteiger partial charge in [0.15, 0.2) is 0 Å². The van der Waals surface area contributed by atoms with Crippen LogP contribution in [0, 0.1) is 0 Å². The maximum Gasteiger partial charge on any atom is 0.118 e. The highest BCUT2D eigenvalue weighted by atomic mass is 16.3. The highest BCUT2D eigenvalue weighted by molar-refractivity contribution is 5.08. The molecule has 1 aromatic heterocycles. The van der Waals surface area contributed by atoms with Gasteiger partial charge in [-0.05, 0) is 66.4 Å². The summed E-state index contributed by atoms with van der Waals surface area (Å²) in [6.45, 7) is 10.6. The first kappa shape index (κ1) is 16.5. The number of hydrogen-bond donors (Lipinski definition) is 1. The molecule has 1 atom stereocenters. The molecule has 0 bridgehead atoms. The first-order valence-corrected chi connectivity index (χ1v) is 8.05. The number of hydrogen-bond acceptors (Lipinski definition) is 4. The summed E-state index contributed by atoms with van der Waals surface area (Å²) in [4.78, 5) is 4.84. The lowest BCUT2D eigenvalue weighted by Gasteiger charge is -2.26. The molecule has 0 amide bonds. The topological polar surface area (TPSA) is 31.6 Å². The Morgan fingerprint density at radius 2 is 2.00 bits per heavy atom. The lowest BCUT2D eigenvalue weighted by atomic mass is 10.1. The van der Waals surface area contributed by atoms with Crippen LogP contribution in [0.15, 0.2) is 16.5 Å².